The first kappa shape index (κ1) is 44.5. The summed E-state index contributed by atoms with van der Waals surface area (Å²) >= 11 is 0. The Morgan fingerprint density at radius 2 is 1.22 bits per heavy atom. The molecule has 16 nitrogen and oxygen atoms in total. The van der Waals surface area contributed by atoms with Crippen molar-refractivity contribution in [3.63, 3.8) is 0 Å². The van der Waals surface area contributed by atoms with Crippen LogP contribution in [0, 0.1) is 17.8 Å². The average molecular weight is 721 g/mol. The van der Waals surface area contributed by atoms with Crippen molar-refractivity contribution in [2.75, 3.05) is 6.61 Å². The number of carboxylic acids is 1. The van der Waals surface area contributed by atoms with Crippen molar-refractivity contribution in [3.05, 3.63) is 29.8 Å². The maximum atomic E-state index is 13.7. The van der Waals surface area contributed by atoms with Crippen LogP contribution in [0.5, 0.6) is 5.75 Å². The third-order valence-corrected chi connectivity index (χ3v) is 8.22. The molecule has 16 heteroatoms. The van der Waals surface area contributed by atoms with Crippen molar-refractivity contribution >= 4 is 41.8 Å². The number of amides is 5. The van der Waals surface area contributed by atoms with E-state index >= 15 is 0 Å². The highest BCUT2D eigenvalue weighted by molar-refractivity contribution is 5.96. The van der Waals surface area contributed by atoms with E-state index in [0.717, 1.165) is 0 Å². The van der Waals surface area contributed by atoms with E-state index in [4.69, 9.17) is 5.73 Å². The number of aliphatic hydroxyl groups excluding tert-OH is 1. The molecule has 286 valence electrons. The predicted octanol–water partition coefficient (Wildman–Crippen LogP) is -0.120. The molecule has 0 saturated carbocycles. The molecule has 0 aliphatic rings. The minimum absolute atomic E-state index is 0.0588. The number of aliphatic hydroxyl groups is 1. The molecule has 10 N–H and O–H groups in total. The smallest absolute Gasteiger partial charge is 0.303 e. The molecule has 0 spiro atoms. The molecule has 0 fully saturated rings. The summed E-state index contributed by atoms with van der Waals surface area (Å²) in [4.78, 5) is 89.6. The van der Waals surface area contributed by atoms with Crippen molar-refractivity contribution in [3.8, 4) is 5.75 Å². The Balaban J connectivity index is 3.36. The zero-order valence-corrected chi connectivity index (χ0v) is 30.3. The first-order valence-corrected chi connectivity index (χ1v) is 17.2. The molecule has 5 amide bonds. The Hall–Kier alpha value is -4.57. The van der Waals surface area contributed by atoms with Crippen LogP contribution in [0.25, 0.3) is 0 Å². The molecule has 0 heterocycles. The fourth-order valence-corrected chi connectivity index (χ4v) is 5.05. The fourth-order valence-electron chi connectivity index (χ4n) is 5.05. The number of hydrogen-bond acceptors (Lipinski definition) is 10. The highest BCUT2D eigenvalue weighted by Gasteiger charge is 2.33. The van der Waals surface area contributed by atoms with E-state index in [0.29, 0.717) is 24.7 Å². The number of carbonyl (C=O) groups is 7. The summed E-state index contributed by atoms with van der Waals surface area (Å²) in [5.74, 6) is -5.51. The Morgan fingerprint density at radius 1 is 0.725 bits per heavy atom. The fraction of sp³-hybridized carbons (Fsp3) is 0.629. The number of phenolic OH excluding ortho intramolecular Hbond substituents is 1. The zero-order chi connectivity index (χ0) is 38.8. The van der Waals surface area contributed by atoms with Gasteiger partial charge in [-0.15, -0.1) is 0 Å². The molecule has 0 aromatic heterocycles. The van der Waals surface area contributed by atoms with Crippen molar-refractivity contribution in [1.82, 2.24) is 26.6 Å². The lowest BCUT2D eigenvalue weighted by Gasteiger charge is -2.27. The van der Waals surface area contributed by atoms with Crippen LogP contribution in [0.4, 0.5) is 0 Å². The van der Waals surface area contributed by atoms with Gasteiger partial charge in [-0.2, -0.15) is 0 Å². The lowest BCUT2D eigenvalue weighted by atomic mass is 9.99. The highest BCUT2D eigenvalue weighted by Crippen LogP contribution is 2.13. The molecular weight excluding hydrogens is 664 g/mol. The molecule has 51 heavy (non-hydrogen) atoms. The minimum atomic E-state index is -1.51. The van der Waals surface area contributed by atoms with E-state index in [2.05, 4.69) is 26.6 Å². The van der Waals surface area contributed by atoms with Crippen LogP contribution in [-0.4, -0.2) is 100.0 Å². The summed E-state index contributed by atoms with van der Waals surface area (Å²) in [6, 6.07) is -1.58. The summed E-state index contributed by atoms with van der Waals surface area (Å²) < 4.78 is 0. The lowest BCUT2D eigenvalue weighted by Crippen LogP contribution is -2.60. The summed E-state index contributed by atoms with van der Waals surface area (Å²) in [6.45, 7) is 10.2. The van der Waals surface area contributed by atoms with Crippen molar-refractivity contribution in [2.24, 2.45) is 23.5 Å². The number of hydrogen-bond donors (Lipinski definition) is 9. The molecule has 0 bridgehead atoms. The number of aliphatic carboxylic acids is 1. The van der Waals surface area contributed by atoms with Crippen LogP contribution in [0.2, 0.25) is 0 Å². The second-order valence-electron chi connectivity index (χ2n) is 13.7. The summed E-state index contributed by atoms with van der Waals surface area (Å²) in [5.41, 5.74) is 6.49. The standard InChI is InChI=1S/C35H56N6O10/c1-7-21(6)28(17-42)40-35(51)29(18-43)41-34(50)27(16-22-8-10-23(44)11-9-22)39-32(48)25(12-13-30(45)46)37-33(49)26(15-20(4)5)38-31(47)24(36)14-19(2)3/h8-11,17,19-21,24-29,43-44H,7,12-16,18,36H2,1-6H3,(H,37,49)(H,38,47)(H,39,48)(H,40,51)(H,41,50)(H,45,46)/t21-,24-,25-,26-,27-,28+,29-/m0/s1. The monoisotopic (exact) mass is 720 g/mol. The van der Waals surface area contributed by atoms with Gasteiger partial charge < -0.3 is 52.4 Å². The van der Waals surface area contributed by atoms with Crippen LogP contribution >= 0.6 is 0 Å². The van der Waals surface area contributed by atoms with Gasteiger partial charge in [0.1, 0.15) is 36.2 Å². The highest BCUT2D eigenvalue weighted by atomic mass is 16.4. The number of rotatable bonds is 23. The van der Waals surface area contributed by atoms with Gasteiger partial charge in [0, 0.05) is 12.8 Å². The number of carboxylic acid groups (broad SMARTS) is 1. The molecule has 0 aliphatic carbocycles. The third-order valence-electron chi connectivity index (χ3n) is 8.22. The van der Waals surface area contributed by atoms with Gasteiger partial charge in [-0.3, -0.25) is 28.8 Å². The van der Waals surface area contributed by atoms with Gasteiger partial charge in [0.2, 0.25) is 29.5 Å². The molecule has 1 aromatic carbocycles. The van der Waals surface area contributed by atoms with Crippen LogP contribution in [-0.2, 0) is 40.0 Å². The van der Waals surface area contributed by atoms with E-state index in [1.54, 1.807) is 6.92 Å². The molecular formula is C35H56N6O10. The lowest BCUT2D eigenvalue weighted by molar-refractivity contribution is -0.138. The number of aromatic hydroxyl groups is 1. The SMILES string of the molecule is CC[C@H](C)[C@@H](C=O)NC(=O)[C@H](CO)NC(=O)[C@H](Cc1ccc(O)cc1)NC(=O)[C@H](CCC(=O)O)NC(=O)[C@H](CC(C)C)NC(=O)[C@@H](N)CC(C)C. The zero-order valence-electron chi connectivity index (χ0n) is 30.3. The summed E-state index contributed by atoms with van der Waals surface area (Å²) in [7, 11) is 0. The Bertz CT molecular complexity index is 1320. The third kappa shape index (κ3) is 16.3. The molecule has 7 atom stereocenters. The minimum Gasteiger partial charge on any atom is -0.508 e. The second kappa shape index (κ2) is 22.3. The normalized spacial score (nSPS) is 15.3. The number of carbonyl (C=O) groups excluding carboxylic acids is 6. The van der Waals surface area contributed by atoms with Crippen molar-refractivity contribution in [1.29, 1.82) is 0 Å². The molecule has 0 unspecified atom stereocenters. The topological polar surface area (TPSA) is 266 Å². The van der Waals surface area contributed by atoms with Crippen molar-refractivity contribution in [2.45, 2.75) is 116 Å². The maximum Gasteiger partial charge on any atom is 0.303 e. The van der Waals surface area contributed by atoms with E-state index < -0.39 is 84.8 Å². The summed E-state index contributed by atoms with van der Waals surface area (Å²) in [5, 5.41) is 41.6. The van der Waals surface area contributed by atoms with Gasteiger partial charge in [-0.25, -0.2) is 0 Å². The molecule has 0 saturated heterocycles. The van der Waals surface area contributed by atoms with E-state index in [9.17, 15) is 48.9 Å². The second-order valence-corrected chi connectivity index (χ2v) is 13.7. The van der Waals surface area contributed by atoms with Gasteiger partial charge in [-0.05, 0) is 54.7 Å². The predicted molar refractivity (Wildman–Crippen MR) is 188 cm³/mol. The van der Waals surface area contributed by atoms with Gasteiger partial charge >= 0.3 is 5.97 Å². The molecule has 0 aliphatic heterocycles. The first-order chi connectivity index (χ1) is 23.9. The quantitative estimate of drug-likeness (QED) is 0.0673. The van der Waals surface area contributed by atoms with Gasteiger partial charge in [0.15, 0.2) is 0 Å². The van der Waals surface area contributed by atoms with Crippen LogP contribution in [0.3, 0.4) is 0 Å². The van der Waals surface area contributed by atoms with Gasteiger partial charge in [0.25, 0.3) is 0 Å². The Labute approximate surface area is 299 Å². The number of nitrogens with two attached hydrogens (primary N) is 1. The van der Waals surface area contributed by atoms with Crippen LogP contribution < -0.4 is 32.3 Å². The Morgan fingerprint density at radius 3 is 1.73 bits per heavy atom. The number of nitrogens with one attached hydrogen (secondary N) is 5. The van der Waals surface area contributed by atoms with E-state index in [1.807, 2.05) is 34.6 Å². The maximum absolute atomic E-state index is 13.7. The van der Waals surface area contributed by atoms with Crippen LogP contribution in [0.15, 0.2) is 24.3 Å². The average Bonchev–Trinajstić information content (AvgIpc) is 3.06. The van der Waals surface area contributed by atoms with Gasteiger partial charge in [-0.1, -0.05) is 60.1 Å². The largest absolute Gasteiger partial charge is 0.508 e. The molecule has 0 radical (unpaired) electrons. The van der Waals surface area contributed by atoms with Crippen molar-refractivity contribution < 1.29 is 48.9 Å². The van der Waals surface area contributed by atoms with Gasteiger partial charge in [0.05, 0.1) is 18.7 Å². The Kier molecular flexibility index (Phi) is 19.4. The van der Waals surface area contributed by atoms with E-state index in [-0.39, 0.29) is 42.8 Å². The number of benzene rings is 1. The molecule has 1 aromatic rings. The molecule has 1 rings (SSSR count). The van der Waals surface area contributed by atoms with E-state index in [1.165, 1.54) is 24.3 Å². The first-order valence-electron chi connectivity index (χ1n) is 17.2. The number of aldehydes is 1. The summed E-state index contributed by atoms with van der Waals surface area (Å²) in [6.07, 6.45) is 0.576. The number of phenols is 1. The van der Waals surface area contributed by atoms with Crippen LogP contribution in [0.1, 0.15) is 79.2 Å².